The maximum Gasteiger partial charge on any atom is 0.225 e. The summed E-state index contributed by atoms with van der Waals surface area (Å²) in [4.78, 5) is 15.5. The molecule has 0 spiro atoms. The highest BCUT2D eigenvalue weighted by molar-refractivity contribution is 5.68. The minimum Gasteiger partial charge on any atom is -0.394 e. The Labute approximate surface area is 176 Å². The minimum atomic E-state index is -0.154. The van der Waals surface area contributed by atoms with E-state index in [1.165, 1.54) is 5.69 Å². The summed E-state index contributed by atoms with van der Waals surface area (Å²) < 4.78 is 5.42. The van der Waals surface area contributed by atoms with Crippen molar-refractivity contribution in [1.29, 1.82) is 0 Å². The SMILES string of the molecule is C[C@H](CO)Nc1nc(Nc2ccc(N3CCOCC3)cc2)cc(-c2ccncc2)n1. The van der Waals surface area contributed by atoms with Crippen LogP contribution in [0.4, 0.5) is 23.1 Å². The molecule has 0 aliphatic carbocycles. The number of hydrogen-bond acceptors (Lipinski definition) is 8. The van der Waals surface area contributed by atoms with Crippen molar-refractivity contribution < 1.29 is 9.84 Å². The fourth-order valence-electron chi connectivity index (χ4n) is 3.24. The molecule has 8 heteroatoms. The first-order valence-electron chi connectivity index (χ1n) is 10.1. The van der Waals surface area contributed by atoms with Gasteiger partial charge in [-0.15, -0.1) is 0 Å². The molecule has 0 saturated carbocycles. The van der Waals surface area contributed by atoms with E-state index < -0.39 is 0 Å². The quantitative estimate of drug-likeness (QED) is 0.551. The number of aliphatic hydroxyl groups excluding tert-OH is 1. The first kappa shape index (κ1) is 20.1. The second-order valence-corrected chi connectivity index (χ2v) is 7.20. The highest BCUT2D eigenvalue weighted by Crippen LogP contribution is 2.25. The van der Waals surface area contributed by atoms with Crippen molar-refractivity contribution in [3.8, 4) is 11.3 Å². The molecule has 156 valence electrons. The molecule has 1 fully saturated rings. The van der Waals surface area contributed by atoms with Crippen LogP contribution in [0.3, 0.4) is 0 Å². The third-order valence-corrected chi connectivity index (χ3v) is 4.87. The molecule has 1 saturated heterocycles. The number of rotatable bonds is 7. The molecule has 3 aromatic rings. The van der Waals surface area contributed by atoms with Crippen LogP contribution in [0.15, 0.2) is 54.9 Å². The number of hydrogen-bond donors (Lipinski definition) is 3. The molecule has 8 nitrogen and oxygen atoms in total. The predicted molar refractivity (Wildman–Crippen MR) is 118 cm³/mol. The van der Waals surface area contributed by atoms with E-state index >= 15 is 0 Å². The Hall–Kier alpha value is -3.23. The Morgan fingerprint density at radius 2 is 1.80 bits per heavy atom. The predicted octanol–water partition coefficient (Wildman–Crippen LogP) is 2.91. The standard InChI is InChI=1S/C22H26N6O2/c1-16(15-29)24-22-26-20(17-6-8-23-9-7-17)14-21(27-22)25-18-2-4-19(5-3-18)28-10-12-30-13-11-28/h2-9,14,16,29H,10-13,15H2,1H3,(H2,24,25,26,27)/t16-/m1/s1. The average Bonchev–Trinajstić information content (AvgIpc) is 2.80. The molecule has 0 bridgehead atoms. The monoisotopic (exact) mass is 406 g/mol. The Morgan fingerprint density at radius 3 is 2.50 bits per heavy atom. The molecule has 30 heavy (non-hydrogen) atoms. The molecule has 0 unspecified atom stereocenters. The number of aromatic nitrogens is 3. The van der Waals surface area contributed by atoms with Crippen LogP contribution in [-0.2, 0) is 4.74 Å². The lowest BCUT2D eigenvalue weighted by Crippen LogP contribution is -2.36. The molecule has 3 N–H and O–H groups in total. The lowest BCUT2D eigenvalue weighted by Gasteiger charge is -2.28. The van der Waals surface area contributed by atoms with Crippen LogP contribution in [0.2, 0.25) is 0 Å². The normalized spacial score (nSPS) is 14.9. The van der Waals surface area contributed by atoms with Crippen molar-refractivity contribution in [2.75, 3.05) is 48.4 Å². The van der Waals surface area contributed by atoms with Gasteiger partial charge in [0, 0.05) is 54.5 Å². The Kier molecular flexibility index (Phi) is 6.36. The number of anilines is 4. The van der Waals surface area contributed by atoms with Crippen molar-refractivity contribution in [1.82, 2.24) is 15.0 Å². The van der Waals surface area contributed by atoms with Crippen LogP contribution >= 0.6 is 0 Å². The van der Waals surface area contributed by atoms with E-state index in [-0.39, 0.29) is 12.6 Å². The van der Waals surface area contributed by atoms with Gasteiger partial charge in [-0.05, 0) is 43.3 Å². The Bertz CT molecular complexity index is 946. The van der Waals surface area contributed by atoms with Gasteiger partial charge >= 0.3 is 0 Å². The number of aliphatic hydroxyl groups is 1. The lowest BCUT2D eigenvalue weighted by atomic mass is 10.2. The summed E-state index contributed by atoms with van der Waals surface area (Å²) in [7, 11) is 0. The van der Waals surface area contributed by atoms with Gasteiger partial charge in [0.1, 0.15) is 5.82 Å². The van der Waals surface area contributed by atoms with Gasteiger partial charge in [0.25, 0.3) is 0 Å². The summed E-state index contributed by atoms with van der Waals surface area (Å²) in [6, 6.07) is 13.9. The second-order valence-electron chi connectivity index (χ2n) is 7.20. The fourth-order valence-corrected chi connectivity index (χ4v) is 3.24. The van der Waals surface area contributed by atoms with E-state index in [2.05, 4.69) is 42.6 Å². The zero-order chi connectivity index (χ0) is 20.8. The number of benzene rings is 1. The largest absolute Gasteiger partial charge is 0.394 e. The third kappa shape index (κ3) is 5.03. The summed E-state index contributed by atoms with van der Waals surface area (Å²) in [5.74, 6) is 1.13. The second kappa shape index (κ2) is 9.51. The Balaban J connectivity index is 1.57. The summed E-state index contributed by atoms with van der Waals surface area (Å²) >= 11 is 0. The molecule has 2 aromatic heterocycles. The van der Waals surface area contributed by atoms with Gasteiger partial charge in [-0.2, -0.15) is 4.98 Å². The highest BCUT2D eigenvalue weighted by Gasteiger charge is 2.12. The molecule has 3 heterocycles. The zero-order valence-electron chi connectivity index (χ0n) is 17.0. The molecule has 1 aliphatic rings. The first-order valence-corrected chi connectivity index (χ1v) is 10.1. The van der Waals surface area contributed by atoms with E-state index in [0.29, 0.717) is 11.8 Å². The average molecular weight is 406 g/mol. The number of ether oxygens (including phenoxy) is 1. The van der Waals surface area contributed by atoms with Gasteiger partial charge in [0.15, 0.2) is 0 Å². The summed E-state index contributed by atoms with van der Waals surface area (Å²) in [6.45, 7) is 5.22. The van der Waals surface area contributed by atoms with E-state index in [0.717, 1.165) is 43.2 Å². The van der Waals surface area contributed by atoms with Crippen molar-refractivity contribution in [3.05, 3.63) is 54.9 Å². The van der Waals surface area contributed by atoms with Crippen LogP contribution in [0.25, 0.3) is 11.3 Å². The highest BCUT2D eigenvalue weighted by atomic mass is 16.5. The van der Waals surface area contributed by atoms with E-state index in [1.54, 1.807) is 12.4 Å². The zero-order valence-corrected chi connectivity index (χ0v) is 17.0. The van der Waals surface area contributed by atoms with Crippen molar-refractivity contribution in [3.63, 3.8) is 0 Å². The van der Waals surface area contributed by atoms with Crippen LogP contribution in [0, 0.1) is 0 Å². The van der Waals surface area contributed by atoms with Crippen molar-refractivity contribution in [2.24, 2.45) is 0 Å². The van der Waals surface area contributed by atoms with E-state index in [1.807, 2.05) is 37.3 Å². The van der Waals surface area contributed by atoms with Crippen LogP contribution in [0.5, 0.6) is 0 Å². The summed E-state index contributed by atoms with van der Waals surface area (Å²) in [5, 5.41) is 15.9. The molecule has 4 rings (SSSR count). The maximum atomic E-state index is 9.37. The van der Waals surface area contributed by atoms with Gasteiger partial charge < -0.3 is 25.4 Å². The minimum absolute atomic E-state index is 0.00535. The first-order chi connectivity index (χ1) is 14.7. The molecular formula is C22H26N6O2. The van der Waals surface area contributed by atoms with Gasteiger partial charge in [-0.25, -0.2) is 4.98 Å². The maximum absolute atomic E-state index is 9.37. The van der Waals surface area contributed by atoms with Gasteiger partial charge in [-0.1, -0.05) is 0 Å². The van der Waals surface area contributed by atoms with Crippen molar-refractivity contribution >= 4 is 23.1 Å². The molecule has 1 atom stereocenters. The summed E-state index contributed by atoms with van der Waals surface area (Å²) in [5.41, 5.74) is 3.83. The van der Waals surface area contributed by atoms with Gasteiger partial charge in [0.05, 0.1) is 25.5 Å². The number of morpholine rings is 1. The number of nitrogens with zero attached hydrogens (tertiary/aromatic N) is 4. The van der Waals surface area contributed by atoms with E-state index in [4.69, 9.17) is 4.74 Å². The molecule has 0 amide bonds. The third-order valence-electron chi connectivity index (χ3n) is 4.87. The molecule has 1 aliphatic heterocycles. The van der Waals surface area contributed by atoms with Crippen molar-refractivity contribution in [2.45, 2.75) is 13.0 Å². The topological polar surface area (TPSA) is 95.4 Å². The summed E-state index contributed by atoms with van der Waals surface area (Å²) in [6.07, 6.45) is 3.47. The Morgan fingerprint density at radius 1 is 1.07 bits per heavy atom. The smallest absolute Gasteiger partial charge is 0.225 e. The van der Waals surface area contributed by atoms with Crippen LogP contribution < -0.4 is 15.5 Å². The fraction of sp³-hybridized carbons (Fsp3) is 0.318. The molecule has 1 aromatic carbocycles. The molecule has 0 radical (unpaired) electrons. The van der Waals surface area contributed by atoms with E-state index in [9.17, 15) is 5.11 Å². The molecular weight excluding hydrogens is 380 g/mol. The number of pyridine rings is 1. The van der Waals surface area contributed by atoms with Crippen LogP contribution in [-0.4, -0.2) is 59.0 Å². The van der Waals surface area contributed by atoms with Gasteiger partial charge in [0.2, 0.25) is 5.95 Å². The lowest BCUT2D eigenvalue weighted by molar-refractivity contribution is 0.122. The van der Waals surface area contributed by atoms with Crippen LogP contribution in [0.1, 0.15) is 6.92 Å². The number of nitrogens with one attached hydrogen (secondary N) is 2. The van der Waals surface area contributed by atoms with Gasteiger partial charge in [-0.3, -0.25) is 4.98 Å².